The van der Waals surface area contributed by atoms with Crippen molar-refractivity contribution in [2.45, 2.75) is 0 Å². The third kappa shape index (κ3) is 2.86. The maximum absolute atomic E-state index is 14.3. The Morgan fingerprint density at radius 2 is 1.96 bits per heavy atom. The van der Waals surface area contributed by atoms with E-state index in [9.17, 15) is 14.5 Å². The molecule has 0 saturated heterocycles. The van der Waals surface area contributed by atoms with Crippen LogP contribution in [0.25, 0.3) is 10.9 Å². The summed E-state index contributed by atoms with van der Waals surface area (Å²) in [6, 6.07) is 8.59. The van der Waals surface area contributed by atoms with Crippen LogP contribution < -0.4 is 10.1 Å². The minimum atomic E-state index is -0.524. The first kappa shape index (κ1) is 14.6. The van der Waals surface area contributed by atoms with Crippen molar-refractivity contribution in [1.82, 2.24) is 9.97 Å². The fourth-order valence-electron chi connectivity index (χ4n) is 2.13. The molecule has 1 heterocycles. The number of benzene rings is 2. The Morgan fingerprint density at radius 3 is 2.61 bits per heavy atom. The van der Waals surface area contributed by atoms with Crippen molar-refractivity contribution in [1.29, 1.82) is 0 Å². The van der Waals surface area contributed by atoms with Crippen LogP contribution in [0.1, 0.15) is 0 Å². The van der Waals surface area contributed by atoms with E-state index in [1.165, 1.54) is 43.8 Å². The van der Waals surface area contributed by atoms with Gasteiger partial charge in [0.25, 0.3) is 5.69 Å². The van der Waals surface area contributed by atoms with E-state index in [2.05, 4.69) is 15.3 Å². The van der Waals surface area contributed by atoms with Crippen LogP contribution >= 0.6 is 0 Å². The van der Waals surface area contributed by atoms with Crippen LogP contribution in [0.5, 0.6) is 5.75 Å². The van der Waals surface area contributed by atoms with E-state index in [0.29, 0.717) is 17.0 Å². The predicted octanol–water partition coefficient (Wildman–Crippen LogP) is 3.43. The highest BCUT2D eigenvalue weighted by molar-refractivity contribution is 5.92. The lowest BCUT2D eigenvalue weighted by atomic mass is 10.2. The van der Waals surface area contributed by atoms with Gasteiger partial charge in [-0.15, -0.1) is 0 Å². The molecule has 0 unspecified atom stereocenters. The first-order valence-corrected chi connectivity index (χ1v) is 6.58. The molecule has 3 rings (SSSR count). The number of ether oxygens (including phenoxy) is 1. The number of halogens is 1. The summed E-state index contributed by atoms with van der Waals surface area (Å²) in [7, 11) is 1.44. The Morgan fingerprint density at radius 1 is 1.22 bits per heavy atom. The Kier molecular flexibility index (Phi) is 3.71. The molecule has 0 fully saturated rings. The summed E-state index contributed by atoms with van der Waals surface area (Å²) in [5.41, 5.74) is 0.908. The second kappa shape index (κ2) is 5.84. The molecule has 0 amide bonds. The minimum Gasteiger partial charge on any atom is -0.497 e. The maximum atomic E-state index is 14.3. The van der Waals surface area contributed by atoms with Gasteiger partial charge in [0, 0.05) is 30.0 Å². The van der Waals surface area contributed by atoms with Gasteiger partial charge in [-0.1, -0.05) is 0 Å². The quantitative estimate of drug-likeness (QED) is 0.586. The van der Waals surface area contributed by atoms with Gasteiger partial charge in [-0.2, -0.15) is 0 Å². The van der Waals surface area contributed by atoms with Gasteiger partial charge < -0.3 is 10.1 Å². The lowest BCUT2D eigenvalue weighted by Crippen LogP contribution is -1.98. The van der Waals surface area contributed by atoms with Crippen molar-refractivity contribution in [2.75, 3.05) is 12.4 Å². The molecule has 0 aliphatic rings. The average Bonchev–Trinajstić information content (AvgIpc) is 2.55. The number of methoxy groups -OCH3 is 1. The van der Waals surface area contributed by atoms with Gasteiger partial charge in [-0.25, -0.2) is 14.4 Å². The summed E-state index contributed by atoms with van der Waals surface area (Å²) in [6.45, 7) is 0. The van der Waals surface area contributed by atoms with E-state index < -0.39 is 10.7 Å². The summed E-state index contributed by atoms with van der Waals surface area (Å²) in [6.07, 6.45) is 1.30. The maximum Gasteiger partial charge on any atom is 0.269 e. The first-order chi connectivity index (χ1) is 11.1. The fraction of sp³-hybridized carbons (Fsp3) is 0.0667. The van der Waals surface area contributed by atoms with Gasteiger partial charge in [0.05, 0.1) is 22.9 Å². The summed E-state index contributed by atoms with van der Waals surface area (Å²) in [5, 5.41) is 13.8. The fourth-order valence-corrected chi connectivity index (χ4v) is 2.13. The van der Waals surface area contributed by atoms with Crippen LogP contribution in [0.4, 0.5) is 21.6 Å². The van der Waals surface area contributed by atoms with Crippen molar-refractivity contribution in [3.05, 3.63) is 58.7 Å². The number of nitro benzene ring substituents is 1. The summed E-state index contributed by atoms with van der Waals surface area (Å²) < 4.78 is 19.3. The number of nitrogens with zero attached hydrogens (tertiary/aromatic N) is 3. The lowest BCUT2D eigenvalue weighted by molar-refractivity contribution is -0.384. The Labute approximate surface area is 129 Å². The number of fused-ring (bicyclic) bond motifs is 1. The third-order valence-electron chi connectivity index (χ3n) is 3.24. The number of nitrogens with one attached hydrogen (secondary N) is 1. The van der Waals surface area contributed by atoms with E-state index in [1.54, 1.807) is 6.07 Å². The van der Waals surface area contributed by atoms with Gasteiger partial charge in [0.1, 0.15) is 23.7 Å². The van der Waals surface area contributed by atoms with E-state index in [4.69, 9.17) is 4.74 Å². The van der Waals surface area contributed by atoms with E-state index in [0.717, 1.165) is 0 Å². The molecule has 7 nitrogen and oxygen atoms in total. The molecule has 0 saturated carbocycles. The molecule has 0 aliphatic heterocycles. The zero-order chi connectivity index (χ0) is 16.4. The van der Waals surface area contributed by atoms with Gasteiger partial charge in [0.2, 0.25) is 0 Å². The highest BCUT2D eigenvalue weighted by Crippen LogP contribution is 2.29. The third-order valence-corrected chi connectivity index (χ3v) is 3.24. The molecule has 0 bridgehead atoms. The normalized spacial score (nSPS) is 10.5. The van der Waals surface area contributed by atoms with Crippen molar-refractivity contribution >= 4 is 28.1 Å². The molecular weight excluding hydrogens is 303 g/mol. The largest absolute Gasteiger partial charge is 0.497 e. The number of hydrogen-bond donors (Lipinski definition) is 1. The van der Waals surface area contributed by atoms with E-state index in [1.807, 2.05) is 0 Å². The average molecular weight is 314 g/mol. The molecule has 3 aromatic rings. The molecule has 0 aliphatic carbocycles. The summed E-state index contributed by atoms with van der Waals surface area (Å²) in [4.78, 5) is 18.2. The molecule has 0 radical (unpaired) electrons. The second-order valence-corrected chi connectivity index (χ2v) is 4.65. The van der Waals surface area contributed by atoms with Crippen molar-refractivity contribution in [3.63, 3.8) is 0 Å². The number of aromatic nitrogens is 2. The van der Waals surface area contributed by atoms with Crippen LogP contribution in [0, 0.1) is 15.9 Å². The first-order valence-electron chi connectivity index (χ1n) is 6.58. The van der Waals surface area contributed by atoms with Gasteiger partial charge >= 0.3 is 0 Å². The second-order valence-electron chi connectivity index (χ2n) is 4.65. The standard InChI is InChI=1S/C15H11FN4O3/c1-23-11-6-12(16)14-13(7-11)17-8-18-15(14)19-9-2-4-10(5-3-9)20(21)22/h2-8H,1H3,(H,17,18,19). The molecule has 8 heteroatoms. The Balaban J connectivity index is 2.01. The molecule has 1 aromatic heterocycles. The monoisotopic (exact) mass is 314 g/mol. The van der Waals surface area contributed by atoms with Crippen LogP contribution in [-0.2, 0) is 0 Å². The Bertz CT molecular complexity index is 884. The Hall–Kier alpha value is -3.29. The number of non-ortho nitro benzene ring substituents is 1. The van der Waals surface area contributed by atoms with Gasteiger partial charge in [0.15, 0.2) is 0 Å². The molecule has 23 heavy (non-hydrogen) atoms. The highest BCUT2D eigenvalue weighted by atomic mass is 19.1. The zero-order valence-corrected chi connectivity index (χ0v) is 12.0. The lowest BCUT2D eigenvalue weighted by Gasteiger charge is -2.10. The van der Waals surface area contributed by atoms with Crippen LogP contribution in [0.15, 0.2) is 42.7 Å². The molecular formula is C15H11FN4O3. The minimum absolute atomic E-state index is 0.0287. The molecule has 2 aromatic carbocycles. The van der Waals surface area contributed by atoms with Crippen molar-refractivity contribution < 1.29 is 14.1 Å². The number of anilines is 2. The topological polar surface area (TPSA) is 90.2 Å². The summed E-state index contributed by atoms with van der Waals surface area (Å²) >= 11 is 0. The van der Waals surface area contributed by atoms with Crippen molar-refractivity contribution in [3.8, 4) is 5.75 Å². The number of hydrogen-bond acceptors (Lipinski definition) is 6. The predicted molar refractivity (Wildman–Crippen MR) is 82.4 cm³/mol. The molecule has 0 spiro atoms. The summed E-state index contributed by atoms with van der Waals surface area (Å²) in [5.74, 6) is 0.100. The zero-order valence-electron chi connectivity index (χ0n) is 12.0. The number of rotatable bonds is 4. The van der Waals surface area contributed by atoms with E-state index >= 15 is 0 Å². The van der Waals surface area contributed by atoms with Crippen LogP contribution in [-0.4, -0.2) is 22.0 Å². The van der Waals surface area contributed by atoms with Gasteiger partial charge in [-0.05, 0) is 12.1 Å². The van der Waals surface area contributed by atoms with E-state index in [-0.39, 0.29) is 16.9 Å². The van der Waals surface area contributed by atoms with Crippen LogP contribution in [0.2, 0.25) is 0 Å². The molecule has 0 atom stereocenters. The number of nitro groups is 1. The smallest absolute Gasteiger partial charge is 0.269 e. The highest BCUT2D eigenvalue weighted by Gasteiger charge is 2.12. The van der Waals surface area contributed by atoms with Crippen LogP contribution in [0.3, 0.4) is 0 Å². The molecule has 116 valence electrons. The van der Waals surface area contributed by atoms with Gasteiger partial charge in [-0.3, -0.25) is 10.1 Å². The van der Waals surface area contributed by atoms with Crippen molar-refractivity contribution in [2.24, 2.45) is 0 Å². The molecule has 1 N–H and O–H groups in total. The SMILES string of the molecule is COc1cc(F)c2c(Nc3ccc([N+](=O)[O-])cc3)ncnc2c1.